The second kappa shape index (κ2) is 5.51. The van der Waals surface area contributed by atoms with Gasteiger partial charge < -0.3 is 5.21 Å². The van der Waals surface area contributed by atoms with Gasteiger partial charge in [-0.1, -0.05) is 5.16 Å². The lowest BCUT2D eigenvalue weighted by atomic mass is 10.00. The Labute approximate surface area is 116 Å². The van der Waals surface area contributed by atoms with Crippen LogP contribution in [0.1, 0.15) is 16.7 Å². The first kappa shape index (κ1) is 15.0. The fraction of sp³-hybridized carbons (Fsp3) is 0.0714. The summed E-state index contributed by atoms with van der Waals surface area (Å²) in [5, 5.41) is 11.9. The molecule has 0 amide bonds. The summed E-state index contributed by atoms with van der Waals surface area (Å²) in [4.78, 5) is 0. The van der Waals surface area contributed by atoms with Gasteiger partial charge in [-0.15, -0.1) is 0 Å². The number of hydrogen-bond donors (Lipinski definition) is 1. The van der Waals surface area contributed by atoms with Crippen LogP contribution in [0.25, 0.3) is 0 Å². The zero-order valence-corrected chi connectivity index (χ0v) is 10.3. The normalized spacial score (nSPS) is 12.5. The van der Waals surface area contributed by atoms with Crippen LogP contribution in [0.3, 0.4) is 0 Å². The predicted molar refractivity (Wildman–Crippen MR) is 65.2 cm³/mol. The van der Waals surface area contributed by atoms with Gasteiger partial charge in [0.05, 0.1) is 5.56 Å². The third kappa shape index (κ3) is 3.36. The van der Waals surface area contributed by atoms with Gasteiger partial charge in [-0.05, 0) is 42.5 Å². The van der Waals surface area contributed by atoms with Gasteiger partial charge >= 0.3 is 6.18 Å². The van der Waals surface area contributed by atoms with Crippen molar-refractivity contribution >= 4 is 5.71 Å². The largest absolute Gasteiger partial charge is 0.416 e. The SMILES string of the molecule is O/N=C(/c1ccc(F)cc1)c1cc(F)cc(C(F)(F)F)c1. The Bertz CT molecular complexity index is 677. The van der Waals surface area contributed by atoms with Gasteiger partial charge in [0.1, 0.15) is 17.3 Å². The standard InChI is InChI=1S/C14H8F5NO/c15-11-3-1-8(2-4-11)13(20-21)9-5-10(14(17,18)19)7-12(16)6-9/h1-7,21H/b20-13-. The third-order valence-electron chi connectivity index (χ3n) is 2.72. The lowest BCUT2D eigenvalue weighted by Crippen LogP contribution is -2.10. The second-order valence-electron chi connectivity index (χ2n) is 4.18. The molecule has 0 aliphatic heterocycles. The average Bonchev–Trinajstić information content (AvgIpc) is 2.40. The maximum Gasteiger partial charge on any atom is 0.416 e. The fourth-order valence-electron chi connectivity index (χ4n) is 1.78. The summed E-state index contributed by atoms with van der Waals surface area (Å²) >= 11 is 0. The van der Waals surface area contributed by atoms with Crippen molar-refractivity contribution in [1.82, 2.24) is 0 Å². The van der Waals surface area contributed by atoms with Crippen molar-refractivity contribution in [3.8, 4) is 0 Å². The zero-order valence-electron chi connectivity index (χ0n) is 10.3. The summed E-state index contributed by atoms with van der Waals surface area (Å²) in [6.07, 6.45) is -4.74. The summed E-state index contributed by atoms with van der Waals surface area (Å²) in [7, 11) is 0. The van der Waals surface area contributed by atoms with E-state index in [0.717, 1.165) is 18.2 Å². The molecule has 0 radical (unpaired) electrons. The van der Waals surface area contributed by atoms with Crippen molar-refractivity contribution in [2.75, 3.05) is 0 Å². The summed E-state index contributed by atoms with van der Waals surface area (Å²) in [6, 6.07) is 6.30. The quantitative estimate of drug-likeness (QED) is 0.383. The van der Waals surface area contributed by atoms with Crippen LogP contribution in [0.5, 0.6) is 0 Å². The first-order chi connectivity index (χ1) is 9.81. The van der Waals surface area contributed by atoms with Gasteiger partial charge in [0.25, 0.3) is 0 Å². The topological polar surface area (TPSA) is 32.6 Å². The van der Waals surface area contributed by atoms with E-state index >= 15 is 0 Å². The highest BCUT2D eigenvalue weighted by Gasteiger charge is 2.31. The first-order valence-corrected chi connectivity index (χ1v) is 5.67. The maximum absolute atomic E-state index is 13.3. The molecule has 0 fully saturated rings. The molecule has 110 valence electrons. The highest BCUT2D eigenvalue weighted by Crippen LogP contribution is 2.31. The van der Waals surface area contributed by atoms with E-state index in [9.17, 15) is 22.0 Å². The Hall–Kier alpha value is -2.44. The summed E-state index contributed by atoms with van der Waals surface area (Å²) in [5.74, 6) is -1.69. The molecule has 0 aliphatic rings. The summed E-state index contributed by atoms with van der Waals surface area (Å²) in [5.41, 5.74) is -1.62. The van der Waals surface area contributed by atoms with Crippen LogP contribution < -0.4 is 0 Å². The molecule has 0 saturated heterocycles. The molecule has 2 aromatic carbocycles. The number of hydrogen-bond acceptors (Lipinski definition) is 2. The van der Waals surface area contributed by atoms with Gasteiger partial charge in [0, 0.05) is 11.1 Å². The highest BCUT2D eigenvalue weighted by atomic mass is 19.4. The van der Waals surface area contributed by atoms with E-state index in [1.165, 1.54) is 12.1 Å². The Morgan fingerprint density at radius 2 is 1.48 bits per heavy atom. The molecular formula is C14H8F5NO. The number of benzene rings is 2. The van der Waals surface area contributed by atoms with Gasteiger partial charge in [-0.2, -0.15) is 13.2 Å². The number of oxime groups is 1. The van der Waals surface area contributed by atoms with E-state index in [4.69, 9.17) is 5.21 Å². The summed E-state index contributed by atoms with van der Waals surface area (Å²) < 4.78 is 64.1. The van der Waals surface area contributed by atoms with Crippen LogP contribution in [0.15, 0.2) is 47.6 Å². The minimum absolute atomic E-state index is 0.151. The maximum atomic E-state index is 13.3. The van der Waals surface area contributed by atoms with Gasteiger partial charge in [-0.3, -0.25) is 0 Å². The number of halogens is 5. The van der Waals surface area contributed by atoms with Crippen molar-refractivity contribution in [2.45, 2.75) is 6.18 Å². The Morgan fingerprint density at radius 1 is 0.857 bits per heavy atom. The van der Waals surface area contributed by atoms with E-state index in [1.807, 2.05) is 0 Å². The van der Waals surface area contributed by atoms with Crippen LogP contribution >= 0.6 is 0 Å². The Balaban J connectivity index is 2.53. The third-order valence-corrected chi connectivity index (χ3v) is 2.72. The van der Waals surface area contributed by atoms with Crippen molar-refractivity contribution in [3.05, 3.63) is 70.8 Å². The van der Waals surface area contributed by atoms with Gasteiger partial charge in [0.2, 0.25) is 0 Å². The van der Waals surface area contributed by atoms with Crippen LogP contribution in [-0.2, 0) is 6.18 Å². The second-order valence-corrected chi connectivity index (χ2v) is 4.18. The van der Waals surface area contributed by atoms with Crippen LogP contribution in [0, 0.1) is 11.6 Å². The molecule has 0 aliphatic carbocycles. The van der Waals surface area contributed by atoms with E-state index < -0.39 is 23.4 Å². The Morgan fingerprint density at radius 3 is 2.00 bits per heavy atom. The molecule has 0 saturated carbocycles. The van der Waals surface area contributed by atoms with E-state index in [1.54, 1.807) is 0 Å². The molecule has 2 nitrogen and oxygen atoms in total. The molecule has 0 atom stereocenters. The molecule has 0 spiro atoms. The Kier molecular flexibility index (Phi) is 3.93. The number of rotatable bonds is 2. The molecular weight excluding hydrogens is 293 g/mol. The molecule has 0 heterocycles. The lowest BCUT2D eigenvalue weighted by molar-refractivity contribution is -0.137. The van der Waals surface area contributed by atoms with E-state index in [2.05, 4.69) is 5.16 Å². The molecule has 7 heteroatoms. The average molecular weight is 301 g/mol. The van der Waals surface area contributed by atoms with Crippen molar-refractivity contribution in [2.24, 2.45) is 5.16 Å². The molecule has 21 heavy (non-hydrogen) atoms. The molecule has 0 bridgehead atoms. The van der Waals surface area contributed by atoms with E-state index in [0.29, 0.717) is 12.1 Å². The number of nitrogens with zero attached hydrogens (tertiary/aromatic N) is 1. The first-order valence-electron chi connectivity index (χ1n) is 5.67. The van der Waals surface area contributed by atoms with Crippen molar-refractivity contribution in [3.63, 3.8) is 0 Å². The fourth-order valence-corrected chi connectivity index (χ4v) is 1.78. The highest BCUT2D eigenvalue weighted by molar-refractivity contribution is 6.12. The summed E-state index contributed by atoms with van der Waals surface area (Å²) in [6.45, 7) is 0. The van der Waals surface area contributed by atoms with Crippen LogP contribution in [0.4, 0.5) is 22.0 Å². The molecule has 2 aromatic rings. The monoisotopic (exact) mass is 301 g/mol. The minimum Gasteiger partial charge on any atom is -0.410 e. The number of alkyl halides is 3. The molecule has 0 aromatic heterocycles. The van der Waals surface area contributed by atoms with Crippen molar-refractivity contribution in [1.29, 1.82) is 0 Å². The lowest BCUT2D eigenvalue weighted by Gasteiger charge is -2.10. The van der Waals surface area contributed by atoms with Gasteiger partial charge in [-0.25, -0.2) is 8.78 Å². The van der Waals surface area contributed by atoms with E-state index in [-0.39, 0.29) is 16.8 Å². The van der Waals surface area contributed by atoms with Crippen molar-refractivity contribution < 1.29 is 27.2 Å². The predicted octanol–water partition coefficient (Wildman–Crippen LogP) is 4.21. The molecule has 2 rings (SSSR count). The minimum atomic E-state index is -4.74. The zero-order chi connectivity index (χ0) is 15.6. The molecule has 0 unspecified atom stereocenters. The smallest absolute Gasteiger partial charge is 0.410 e. The van der Waals surface area contributed by atoms with Crippen LogP contribution in [-0.4, -0.2) is 10.9 Å². The van der Waals surface area contributed by atoms with Gasteiger partial charge in [0.15, 0.2) is 0 Å². The molecule has 1 N–H and O–H groups in total. The van der Waals surface area contributed by atoms with Crippen LogP contribution in [0.2, 0.25) is 0 Å².